The fraction of sp³-hybridized carbons (Fsp3) is 0.143. The predicted octanol–water partition coefficient (Wildman–Crippen LogP) is 3.47. The molecule has 0 aliphatic heterocycles. The minimum absolute atomic E-state index is 1.27. The molecular formula is C14H15P. The molecular weight excluding hydrogens is 199 g/mol. The van der Waals surface area contributed by atoms with Crippen molar-refractivity contribution in [1.82, 2.24) is 0 Å². The van der Waals surface area contributed by atoms with E-state index in [-0.39, 0.29) is 0 Å². The summed E-state index contributed by atoms with van der Waals surface area (Å²) in [6.07, 6.45) is 0. The van der Waals surface area contributed by atoms with Gasteiger partial charge in [-0.05, 0) is 41.9 Å². The third kappa shape index (κ3) is 2.27. The molecule has 0 amide bonds. The Morgan fingerprint density at radius 2 is 1.40 bits per heavy atom. The molecule has 2 rings (SSSR count). The first-order valence-corrected chi connectivity index (χ1v) is 5.68. The van der Waals surface area contributed by atoms with Crippen LogP contribution in [0.5, 0.6) is 0 Å². The zero-order valence-corrected chi connectivity index (χ0v) is 10.3. The average molecular weight is 214 g/mol. The zero-order valence-electron chi connectivity index (χ0n) is 9.12. The first-order valence-electron chi connectivity index (χ1n) is 5.10. The predicted molar refractivity (Wildman–Crippen MR) is 70.7 cm³/mol. The standard InChI is InChI=1S/C14H15P/c1-10-3-6-12(7-4-10)13-8-5-11(2)14(15)9-13/h3-9H,15H2,1-2H3. The second-order valence-electron chi connectivity index (χ2n) is 3.94. The summed E-state index contributed by atoms with van der Waals surface area (Å²) >= 11 is 0. The summed E-state index contributed by atoms with van der Waals surface area (Å²) in [5, 5.41) is 1.27. The van der Waals surface area contributed by atoms with Gasteiger partial charge in [-0.15, -0.1) is 9.24 Å². The van der Waals surface area contributed by atoms with Crippen LogP contribution >= 0.6 is 9.24 Å². The highest BCUT2D eigenvalue weighted by molar-refractivity contribution is 7.27. The monoisotopic (exact) mass is 214 g/mol. The van der Waals surface area contributed by atoms with Gasteiger partial charge >= 0.3 is 0 Å². The second-order valence-corrected chi connectivity index (χ2v) is 4.56. The van der Waals surface area contributed by atoms with Crippen LogP contribution in [0, 0.1) is 13.8 Å². The van der Waals surface area contributed by atoms with E-state index in [1.165, 1.54) is 27.6 Å². The molecule has 0 N–H and O–H groups in total. The van der Waals surface area contributed by atoms with Gasteiger partial charge in [0, 0.05) is 0 Å². The van der Waals surface area contributed by atoms with E-state index in [1.807, 2.05) is 0 Å². The second kappa shape index (κ2) is 4.16. The third-order valence-electron chi connectivity index (χ3n) is 2.66. The van der Waals surface area contributed by atoms with Crippen molar-refractivity contribution in [1.29, 1.82) is 0 Å². The molecule has 0 aliphatic carbocycles. The number of hydrogen-bond acceptors (Lipinski definition) is 0. The van der Waals surface area contributed by atoms with Gasteiger partial charge in [0.1, 0.15) is 0 Å². The van der Waals surface area contributed by atoms with Crippen molar-refractivity contribution in [2.45, 2.75) is 13.8 Å². The van der Waals surface area contributed by atoms with E-state index in [0.717, 1.165) is 0 Å². The van der Waals surface area contributed by atoms with Crippen LogP contribution in [0.4, 0.5) is 0 Å². The smallest absolute Gasteiger partial charge is 0.0178 e. The van der Waals surface area contributed by atoms with E-state index in [9.17, 15) is 0 Å². The van der Waals surface area contributed by atoms with Gasteiger partial charge in [0.2, 0.25) is 0 Å². The van der Waals surface area contributed by atoms with Gasteiger partial charge in [0.05, 0.1) is 0 Å². The Labute approximate surface area is 93.5 Å². The van der Waals surface area contributed by atoms with Crippen molar-refractivity contribution in [2.24, 2.45) is 0 Å². The summed E-state index contributed by atoms with van der Waals surface area (Å²) < 4.78 is 0. The molecule has 0 heterocycles. The number of rotatable bonds is 1. The highest BCUT2D eigenvalue weighted by Crippen LogP contribution is 2.20. The Hall–Kier alpha value is -1.13. The topological polar surface area (TPSA) is 0 Å². The van der Waals surface area contributed by atoms with Gasteiger partial charge in [-0.25, -0.2) is 0 Å². The largest absolute Gasteiger partial charge is 0.105 e. The van der Waals surface area contributed by atoms with Crippen LogP contribution in [-0.4, -0.2) is 0 Å². The van der Waals surface area contributed by atoms with Crippen LogP contribution in [0.2, 0.25) is 0 Å². The normalized spacial score (nSPS) is 10.3. The SMILES string of the molecule is Cc1ccc(-c2ccc(C)c(P)c2)cc1. The number of benzene rings is 2. The number of aryl methyl sites for hydroxylation is 2. The van der Waals surface area contributed by atoms with Crippen LogP contribution < -0.4 is 5.30 Å². The van der Waals surface area contributed by atoms with E-state index < -0.39 is 0 Å². The van der Waals surface area contributed by atoms with Gasteiger partial charge in [0.25, 0.3) is 0 Å². The van der Waals surface area contributed by atoms with E-state index in [1.54, 1.807) is 0 Å². The van der Waals surface area contributed by atoms with Gasteiger partial charge in [-0.1, -0.05) is 42.0 Å². The van der Waals surface area contributed by atoms with Crippen LogP contribution in [-0.2, 0) is 0 Å². The van der Waals surface area contributed by atoms with Crippen molar-refractivity contribution in [2.75, 3.05) is 0 Å². The molecule has 1 atom stereocenters. The summed E-state index contributed by atoms with van der Waals surface area (Å²) in [6.45, 7) is 4.24. The summed E-state index contributed by atoms with van der Waals surface area (Å²) in [4.78, 5) is 0. The van der Waals surface area contributed by atoms with Gasteiger partial charge in [0.15, 0.2) is 0 Å². The van der Waals surface area contributed by atoms with Crippen molar-refractivity contribution >= 4 is 14.5 Å². The number of hydrogen-bond donors (Lipinski definition) is 0. The lowest BCUT2D eigenvalue weighted by atomic mass is 10.0. The maximum Gasteiger partial charge on any atom is -0.0178 e. The van der Waals surface area contributed by atoms with Gasteiger partial charge < -0.3 is 0 Å². The van der Waals surface area contributed by atoms with Gasteiger partial charge in [-0.2, -0.15) is 0 Å². The maximum absolute atomic E-state index is 2.78. The van der Waals surface area contributed by atoms with Crippen molar-refractivity contribution in [3.8, 4) is 11.1 Å². The summed E-state index contributed by atoms with van der Waals surface area (Å²) in [6, 6.07) is 15.2. The molecule has 0 saturated carbocycles. The molecule has 1 unspecified atom stereocenters. The molecule has 76 valence electrons. The molecule has 0 saturated heterocycles. The van der Waals surface area contributed by atoms with Crippen molar-refractivity contribution < 1.29 is 0 Å². The Kier molecular flexibility index (Phi) is 2.88. The van der Waals surface area contributed by atoms with Crippen LogP contribution in [0.15, 0.2) is 42.5 Å². The Balaban J connectivity index is 2.45. The minimum atomic E-state index is 1.27. The fourth-order valence-corrected chi connectivity index (χ4v) is 1.84. The van der Waals surface area contributed by atoms with E-state index in [4.69, 9.17) is 0 Å². The summed E-state index contributed by atoms with van der Waals surface area (Å²) in [7, 11) is 2.78. The first kappa shape index (κ1) is 10.4. The minimum Gasteiger partial charge on any atom is -0.105 e. The molecule has 0 fully saturated rings. The molecule has 2 aromatic rings. The van der Waals surface area contributed by atoms with Crippen molar-refractivity contribution in [3.63, 3.8) is 0 Å². The molecule has 0 spiro atoms. The summed E-state index contributed by atoms with van der Waals surface area (Å²) in [5.74, 6) is 0. The lowest BCUT2D eigenvalue weighted by Gasteiger charge is -2.05. The van der Waals surface area contributed by atoms with Crippen LogP contribution in [0.25, 0.3) is 11.1 Å². The summed E-state index contributed by atoms with van der Waals surface area (Å²) in [5.41, 5.74) is 5.18. The fourth-order valence-electron chi connectivity index (χ4n) is 1.57. The van der Waals surface area contributed by atoms with Gasteiger partial charge in [-0.3, -0.25) is 0 Å². The van der Waals surface area contributed by atoms with E-state index in [2.05, 4.69) is 65.6 Å². The van der Waals surface area contributed by atoms with Crippen molar-refractivity contribution in [3.05, 3.63) is 53.6 Å². The molecule has 2 aromatic carbocycles. The maximum atomic E-state index is 2.78. The molecule has 0 radical (unpaired) electrons. The van der Waals surface area contributed by atoms with E-state index >= 15 is 0 Å². The Morgan fingerprint density at radius 3 is 2.00 bits per heavy atom. The molecule has 0 nitrogen and oxygen atoms in total. The quantitative estimate of drug-likeness (QED) is 0.638. The third-order valence-corrected chi connectivity index (χ3v) is 3.29. The molecule has 15 heavy (non-hydrogen) atoms. The van der Waals surface area contributed by atoms with Crippen LogP contribution in [0.3, 0.4) is 0 Å². The average Bonchev–Trinajstić information content (AvgIpc) is 2.23. The van der Waals surface area contributed by atoms with E-state index in [0.29, 0.717) is 0 Å². The lowest BCUT2D eigenvalue weighted by Crippen LogP contribution is -1.96. The van der Waals surface area contributed by atoms with Crippen LogP contribution in [0.1, 0.15) is 11.1 Å². The molecule has 0 aromatic heterocycles. The Bertz CT molecular complexity index is 469. The zero-order chi connectivity index (χ0) is 10.8. The highest BCUT2D eigenvalue weighted by atomic mass is 31.0. The molecule has 1 heteroatoms. The Morgan fingerprint density at radius 1 is 0.800 bits per heavy atom. The first-order chi connectivity index (χ1) is 7.16. The molecule has 0 bridgehead atoms. The lowest BCUT2D eigenvalue weighted by molar-refractivity contribution is 1.46. The highest BCUT2D eigenvalue weighted by Gasteiger charge is 1.99. The molecule has 0 aliphatic rings.